The second-order valence-corrected chi connectivity index (χ2v) is 3.61. The van der Waals surface area contributed by atoms with Crippen molar-refractivity contribution in [3.63, 3.8) is 0 Å². The molecular formula is C8H9ClOS. The third-order valence-electron chi connectivity index (χ3n) is 1.39. The molecule has 60 valence electrons. The standard InChI is InChI=1S/C8H9ClOS/c1-2-7(10)8-4-3-6(5-9)11-8/h3-4H,2,5H2,1H3. The van der Waals surface area contributed by atoms with Gasteiger partial charge in [-0.1, -0.05) is 6.92 Å². The van der Waals surface area contributed by atoms with Crippen molar-refractivity contribution in [3.05, 3.63) is 21.9 Å². The van der Waals surface area contributed by atoms with Crippen molar-refractivity contribution < 1.29 is 4.79 Å². The molecule has 0 aromatic carbocycles. The highest BCUT2D eigenvalue weighted by atomic mass is 35.5. The summed E-state index contributed by atoms with van der Waals surface area (Å²) in [7, 11) is 0. The highest BCUT2D eigenvalue weighted by Gasteiger charge is 2.05. The van der Waals surface area contributed by atoms with Crippen LogP contribution in [0.1, 0.15) is 27.9 Å². The molecule has 0 unspecified atom stereocenters. The van der Waals surface area contributed by atoms with Gasteiger partial charge in [-0.3, -0.25) is 4.79 Å². The number of hydrogen-bond acceptors (Lipinski definition) is 2. The lowest BCUT2D eigenvalue weighted by atomic mass is 10.3. The summed E-state index contributed by atoms with van der Waals surface area (Å²) in [6.45, 7) is 1.86. The van der Waals surface area contributed by atoms with Gasteiger partial charge < -0.3 is 0 Å². The highest BCUT2D eigenvalue weighted by molar-refractivity contribution is 7.14. The molecule has 3 heteroatoms. The van der Waals surface area contributed by atoms with E-state index in [1.165, 1.54) is 11.3 Å². The number of alkyl halides is 1. The van der Waals surface area contributed by atoms with Crippen molar-refractivity contribution >= 4 is 28.7 Å². The molecule has 0 aliphatic carbocycles. The predicted molar refractivity (Wildman–Crippen MR) is 48.5 cm³/mol. The quantitative estimate of drug-likeness (QED) is 0.526. The number of carbonyl (C=O) groups is 1. The van der Waals surface area contributed by atoms with Crippen molar-refractivity contribution in [1.29, 1.82) is 0 Å². The van der Waals surface area contributed by atoms with Crippen LogP contribution in [0, 0.1) is 0 Å². The average molecular weight is 189 g/mol. The molecule has 0 spiro atoms. The van der Waals surface area contributed by atoms with Crippen LogP contribution in [0.5, 0.6) is 0 Å². The third-order valence-corrected chi connectivity index (χ3v) is 2.96. The van der Waals surface area contributed by atoms with Gasteiger partial charge in [-0.2, -0.15) is 0 Å². The van der Waals surface area contributed by atoms with Crippen LogP contribution in [0.15, 0.2) is 12.1 Å². The molecular weight excluding hydrogens is 180 g/mol. The number of ketones is 1. The maximum atomic E-state index is 11.1. The fraction of sp³-hybridized carbons (Fsp3) is 0.375. The Morgan fingerprint density at radius 1 is 1.64 bits per heavy atom. The first-order valence-corrected chi connectivity index (χ1v) is 4.81. The first-order chi connectivity index (χ1) is 5.27. The summed E-state index contributed by atoms with van der Waals surface area (Å²) in [5.41, 5.74) is 0. The summed E-state index contributed by atoms with van der Waals surface area (Å²) in [5.74, 6) is 0.702. The van der Waals surface area contributed by atoms with E-state index in [4.69, 9.17) is 11.6 Å². The Morgan fingerprint density at radius 3 is 2.82 bits per heavy atom. The third kappa shape index (κ3) is 2.04. The van der Waals surface area contributed by atoms with Crippen molar-refractivity contribution in [2.45, 2.75) is 19.2 Å². The van der Waals surface area contributed by atoms with Gasteiger partial charge in [-0.15, -0.1) is 22.9 Å². The van der Waals surface area contributed by atoms with E-state index in [-0.39, 0.29) is 5.78 Å². The van der Waals surface area contributed by atoms with Gasteiger partial charge in [0.25, 0.3) is 0 Å². The van der Waals surface area contributed by atoms with Crippen molar-refractivity contribution in [2.75, 3.05) is 0 Å². The van der Waals surface area contributed by atoms with Crippen LogP contribution in [0.2, 0.25) is 0 Å². The highest BCUT2D eigenvalue weighted by Crippen LogP contribution is 2.19. The fourth-order valence-corrected chi connectivity index (χ4v) is 1.89. The van der Waals surface area contributed by atoms with Crippen LogP contribution in [0.3, 0.4) is 0 Å². The van der Waals surface area contributed by atoms with Gasteiger partial charge in [0.15, 0.2) is 5.78 Å². The van der Waals surface area contributed by atoms with Gasteiger partial charge in [0, 0.05) is 11.3 Å². The second kappa shape index (κ2) is 3.88. The van der Waals surface area contributed by atoms with Crippen LogP contribution in [-0.2, 0) is 5.88 Å². The van der Waals surface area contributed by atoms with E-state index in [0.717, 1.165) is 9.75 Å². The van der Waals surface area contributed by atoms with Gasteiger partial charge in [0.05, 0.1) is 10.8 Å². The molecule has 1 nitrogen and oxygen atoms in total. The van der Waals surface area contributed by atoms with E-state index >= 15 is 0 Å². The zero-order chi connectivity index (χ0) is 8.27. The summed E-state index contributed by atoms with van der Waals surface area (Å²) in [6.07, 6.45) is 0.572. The molecule has 1 heterocycles. The van der Waals surface area contributed by atoms with Crippen molar-refractivity contribution in [2.24, 2.45) is 0 Å². The maximum absolute atomic E-state index is 11.1. The monoisotopic (exact) mass is 188 g/mol. The number of hydrogen-bond donors (Lipinski definition) is 0. The van der Waals surface area contributed by atoms with E-state index in [9.17, 15) is 4.79 Å². The SMILES string of the molecule is CCC(=O)c1ccc(CCl)s1. The number of Topliss-reactive ketones (excluding diaryl/α,β-unsaturated/α-hetero) is 1. The lowest BCUT2D eigenvalue weighted by Gasteiger charge is -1.88. The minimum absolute atomic E-state index is 0.200. The van der Waals surface area contributed by atoms with Crippen LogP contribution < -0.4 is 0 Å². The Hall–Kier alpha value is -0.340. The lowest BCUT2D eigenvalue weighted by molar-refractivity contribution is 0.0992. The Balaban J connectivity index is 2.80. The summed E-state index contributed by atoms with van der Waals surface area (Å²) >= 11 is 7.07. The molecule has 0 N–H and O–H groups in total. The van der Waals surface area contributed by atoms with Crippen LogP contribution >= 0.6 is 22.9 Å². The normalized spacial score (nSPS) is 10.0. The topological polar surface area (TPSA) is 17.1 Å². The molecule has 0 atom stereocenters. The zero-order valence-electron chi connectivity index (χ0n) is 6.26. The zero-order valence-corrected chi connectivity index (χ0v) is 7.84. The molecule has 11 heavy (non-hydrogen) atoms. The molecule has 0 bridgehead atoms. The second-order valence-electron chi connectivity index (χ2n) is 2.18. The van der Waals surface area contributed by atoms with Crippen molar-refractivity contribution in [3.8, 4) is 0 Å². The summed E-state index contributed by atoms with van der Waals surface area (Å²) in [6, 6.07) is 3.74. The van der Waals surface area contributed by atoms with E-state index in [1.807, 2.05) is 19.1 Å². The van der Waals surface area contributed by atoms with E-state index < -0.39 is 0 Å². The average Bonchev–Trinajstić information content (AvgIpc) is 2.50. The molecule has 0 aliphatic heterocycles. The Morgan fingerprint density at radius 2 is 2.36 bits per heavy atom. The van der Waals surface area contributed by atoms with Crippen LogP contribution in [0.25, 0.3) is 0 Å². The molecule has 0 saturated carbocycles. The van der Waals surface area contributed by atoms with Gasteiger partial charge in [-0.25, -0.2) is 0 Å². The van der Waals surface area contributed by atoms with Gasteiger partial charge in [0.1, 0.15) is 0 Å². The Labute approximate surface area is 75.0 Å². The van der Waals surface area contributed by atoms with Gasteiger partial charge in [0.2, 0.25) is 0 Å². The summed E-state index contributed by atoms with van der Waals surface area (Å²) in [4.78, 5) is 13.0. The number of rotatable bonds is 3. The first kappa shape index (κ1) is 8.75. The lowest BCUT2D eigenvalue weighted by Crippen LogP contribution is -1.90. The van der Waals surface area contributed by atoms with Gasteiger partial charge in [-0.05, 0) is 12.1 Å². The predicted octanol–water partition coefficient (Wildman–Crippen LogP) is 3.08. The number of thiophene rings is 1. The molecule has 0 fully saturated rings. The molecule has 1 aromatic heterocycles. The van der Waals surface area contributed by atoms with Crippen LogP contribution in [0.4, 0.5) is 0 Å². The molecule has 0 saturated heterocycles. The van der Waals surface area contributed by atoms with Crippen LogP contribution in [-0.4, -0.2) is 5.78 Å². The molecule has 0 amide bonds. The molecule has 1 rings (SSSR count). The largest absolute Gasteiger partial charge is 0.293 e. The minimum atomic E-state index is 0.200. The number of halogens is 1. The smallest absolute Gasteiger partial charge is 0.172 e. The van der Waals surface area contributed by atoms with E-state index in [0.29, 0.717) is 12.3 Å². The Bertz CT molecular complexity index is 254. The number of carbonyl (C=O) groups excluding carboxylic acids is 1. The summed E-state index contributed by atoms with van der Waals surface area (Å²) in [5, 5.41) is 0. The van der Waals surface area contributed by atoms with E-state index in [2.05, 4.69) is 0 Å². The minimum Gasteiger partial charge on any atom is -0.293 e. The first-order valence-electron chi connectivity index (χ1n) is 3.45. The maximum Gasteiger partial charge on any atom is 0.172 e. The Kier molecular flexibility index (Phi) is 3.09. The molecule has 1 aromatic rings. The fourth-order valence-electron chi connectivity index (χ4n) is 0.774. The summed E-state index contributed by atoms with van der Waals surface area (Å²) < 4.78 is 0. The van der Waals surface area contributed by atoms with Crippen molar-refractivity contribution in [1.82, 2.24) is 0 Å². The van der Waals surface area contributed by atoms with E-state index in [1.54, 1.807) is 0 Å². The van der Waals surface area contributed by atoms with Gasteiger partial charge >= 0.3 is 0 Å². The molecule has 0 aliphatic rings. The molecule has 0 radical (unpaired) electrons.